The molecule has 0 bridgehead atoms. The molecule has 2 aromatic rings. The van der Waals surface area contributed by atoms with Gasteiger partial charge in [0.1, 0.15) is 0 Å². The van der Waals surface area contributed by atoms with Crippen molar-refractivity contribution in [3.05, 3.63) is 59.2 Å². The largest absolute Gasteiger partial charge is 0.456 e. The fraction of sp³-hybridized carbons (Fsp3) is 0.391. The number of nitrogens with one attached hydrogen (secondary N) is 1. The number of nitrogens with zero attached hydrogens (tertiary/aromatic N) is 1. The summed E-state index contributed by atoms with van der Waals surface area (Å²) in [4.78, 5) is 24.3. The number of esters is 1. The van der Waals surface area contributed by atoms with Gasteiger partial charge in [-0.05, 0) is 68.0 Å². The Kier molecular flexibility index (Phi) is 7.46. The number of ether oxygens (including phenoxy) is 1. The van der Waals surface area contributed by atoms with Gasteiger partial charge in [-0.1, -0.05) is 24.3 Å². The fourth-order valence-electron chi connectivity index (χ4n) is 3.44. The maximum Gasteiger partial charge on any atom is 0.306 e. The van der Waals surface area contributed by atoms with E-state index in [9.17, 15) is 18.0 Å². The van der Waals surface area contributed by atoms with Crippen molar-refractivity contribution in [1.82, 2.24) is 4.31 Å². The molecule has 0 atom stereocenters. The number of carbonyl (C=O) groups excluding carboxylic acids is 2. The number of benzene rings is 2. The van der Waals surface area contributed by atoms with Crippen LogP contribution in [-0.4, -0.2) is 44.3 Å². The Morgan fingerprint density at radius 2 is 1.71 bits per heavy atom. The second-order valence-corrected chi connectivity index (χ2v) is 9.65. The van der Waals surface area contributed by atoms with Crippen molar-refractivity contribution in [3.8, 4) is 0 Å². The number of anilines is 1. The molecule has 0 aliphatic carbocycles. The SMILES string of the molecule is Cc1cccc(NC(=O)COC(=O)CCc2ccc(S(=O)(=O)N3CCCC3)cc2)c1C. The van der Waals surface area contributed by atoms with Gasteiger partial charge in [0.15, 0.2) is 6.61 Å². The Morgan fingerprint density at radius 3 is 2.39 bits per heavy atom. The molecule has 1 heterocycles. The number of rotatable bonds is 8. The predicted molar refractivity (Wildman–Crippen MR) is 118 cm³/mol. The van der Waals surface area contributed by atoms with Crippen molar-refractivity contribution in [2.45, 2.75) is 44.4 Å². The van der Waals surface area contributed by atoms with Crippen molar-refractivity contribution in [2.75, 3.05) is 25.0 Å². The van der Waals surface area contributed by atoms with Crippen LogP contribution < -0.4 is 5.32 Å². The molecule has 166 valence electrons. The Bertz CT molecular complexity index is 1040. The number of carbonyl (C=O) groups is 2. The highest BCUT2D eigenvalue weighted by Crippen LogP contribution is 2.21. The number of aryl methyl sites for hydroxylation is 2. The average Bonchev–Trinajstić information content (AvgIpc) is 3.30. The minimum absolute atomic E-state index is 0.106. The normalized spacial score (nSPS) is 14.4. The van der Waals surface area contributed by atoms with Gasteiger partial charge < -0.3 is 10.1 Å². The molecule has 0 saturated carbocycles. The second-order valence-electron chi connectivity index (χ2n) is 7.71. The van der Waals surface area contributed by atoms with Gasteiger partial charge in [-0.2, -0.15) is 4.31 Å². The Hall–Kier alpha value is -2.71. The summed E-state index contributed by atoms with van der Waals surface area (Å²) in [5.41, 5.74) is 3.56. The van der Waals surface area contributed by atoms with Crippen molar-refractivity contribution in [3.63, 3.8) is 0 Å². The third-order valence-corrected chi connectivity index (χ3v) is 7.40. The predicted octanol–water partition coefficient (Wildman–Crippen LogP) is 3.20. The third-order valence-electron chi connectivity index (χ3n) is 5.49. The summed E-state index contributed by atoms with van der Waals surface area (Å²) in [5.74, 6) is -0.872. The van der Waals surface area contributed by atoms with Gasteiger partial charge in [0, 0.05) is 25.2 Å². The van der Waals surface area contributed by atoms with E-state index in [0.717, 1.165) is 29.5 Å². The molecule has 0 unspecified atom stereocenters. The summed E-state index contributed by atoms with van der Waals surface area (Å²) >= 11 is 0. The number of sulfonamides is 1. The van der Waals surface area contributed by atoms with E-state index in [2.05, 4.69) is 5.32 Å². The molecule has 3 rings (SSSR count). The first kappa shape index (κ1) is 23.0. The first-order valence-electron chi connectivity index (χ1n) is 10.4. The molecule has 8 heteroatoms. The molecule has 1 saturated heterocycles. The van der Waals surface area contributed by atoms with Crippen LogP contribution in [0, 0.1) is 13.8 Å². The average molecular weight is 445 g/mol. The van der Waals surface area contributed by atoms with Crippen LogP contribution in [0.3, 0.4) is 0 Å². The highest BCUT2D eigenvalue weighted by Gasteiger charge is 2.26. The molecule has 1 fully saturated rings. The lowest BCUT2D eigenvalue weighted by Gasteiger charge is -2.15. The third kappa shape index (κ3) is 5.92. The summed E-state index contributed by atoms with van der Waals surface area (Å²) in [6.45, 7) is 4.65. The summed E-state index contributed by atoms with van der Waals surface area (Å²) in [5, 5.41) is 2.75. The summed E-state index contributed by atoms with van der Waals surface area (Å²) in [6.07, 6.45) is 2.29. The molecule has 0 aromatic heterocycles. The molecular formula is C23H28N2O5S. The molecule has 1 N–H and O–H groups in total. The Labute approximate surface area is 183 Å². The van der Waals surface area contributed by atoms with Crippen LogP contribution in [0.25, 0.3) is 0 Å². The van der Waals surface area contributed by atoms with E-state index in [1.54, 1.807) is 30.3 Å². The van der Waals surface area contributed by atoms with Gasteiger partial charge in [0.25, 0.3) is 5.91 Å². The van der Waals surface area contributed by atoms with Crippen LogP contribution in [0.5, 0.6) is 0 Å². The van der Waals surface area contributed by atoms with E-state index < -0.39 is 21.9 Å². The van der Waals surface area contributed by atoms with Gasteiger partial charge in [0.05, 0.1) is 4.90 Å². The first-order chi connectivity index (χ1) is 14.8. The zero-order valence-electron chi connectivity index (χ0n) is 17.9. The summed E-state index contributed by atoms with van der Waals surface area (Å²) < 4.78 is 31.7. The van der Waals surface area contributed by atoms with Gasteiger partial charge in [-0.25, -0.2) is 8.42 Å². The molecule has 31 heavy (non-hydrogen) atoms. The van der Waals surface area contributed by atoms with Gasteiger partial charge in [0.2, 0.25) is 10.0 Å². The lowest BCUT2D eigenvalue weighted by molar-refractivity contribution is -0.147. The van der Waals surface area contributed by atoms with Crippen LogP contribution in [0.15, 0.2) is 47.4 Å². The smallest absolute Gasteiger partial charge is 0.306 e. The van der Waals surface area contributed by atoms with E-state index in [-0.39, 0.29) is 17.9 Å². The highest BCUT2D eigenvalue weighted by molar-refractivity contribution is 7.89. The quantitative estimate of drug-likeness (QED) is 0.631. The van der Waals surface area contributed by atoms with Crippen molar-refractivity contribution in [2.24, 2.45) is 0 Å². The van der Waals surface area contributed by atoms with Gasteiger partial charge in [-0.3, -0.25) is 9.59 Å². The van der Waals surface area contributed by atoms with Crippen LogP contribution in [0.2, 0.25) is 0 Å². The molecule has 0 spiro atoms. The van der Waals surface area contributed by atoms with E-state index in [0.29, 0.717) is 25.2 Å². The maximum atomic E-state index is 12.5. The number of amides is 1. The number of hydrogen-bond acceptors (Lipinski definition) is 5. The van der Waals surface area contributed by atoms with Crippen LogP contribution in [0.4, 0.5) is 5.69 Å². The Morgan fingerprint density at radius 1 is 1.03 bits per heavy atom. The minimum atomic E-state index is -3.44. The van der Waals surface area contributed by atoms with Crippen LogP contribution in [0.1, 0.15) is 36.0 Å². The van der Waals surface area contributed by atoms with Crippen molar-refractivity contribution < 1.29 is 22.7 Å². The zero-order chi connectivity index (χ0) is 22.4. The number of hydrogen-bond donors (Lipinski definition) is 1. The van der Waals surface area contributed by atoms with Crippen molar-refractivity contribution >= 4 is 27.6 Å². The molecule has 1 amide bonds. The maximum absolute atomic E-state index is 12.5. The molecule has 7 nitrogen and oxygen atoms in total. The summed E-state index contributed by atoms with van der Waals surface area (Å²) in [7, 11) is -3.44. The molecule has 1 aliphatic heterocycles. The monoisotopic (exact) mass is 444 g/mol. The molecular weight excluding hydrogens is 416 g/mol. The minimum Gasteiger partial charge on any atom is -0.456 e. The molecule has 1 aliphatic rings. The second kappa shape index (κ2) is 10.1. The zero-order valence-corrected chi connectivity index (χ0v) is 18.7. The van der Waals surface area contributed by atoms with Gasteiger partial charge >= 0.3 is 5.97 Å². The van der Waals surface area contributed by atoms with E-state index in [4.69, 9.17) is 4.74 Å². The fourth-order valence-corrected chi connectivity index (χ4v) is 4.96. The van der Waals surface area contributed by atoms with Gasteiger partial charge in [-0.15, -0.1) is 0 Å². The molecule has 0 radical (unpaired) electrons. The van der Waals surface area contributed by atoms with E-state index in [1.165, 1.54) is 4.31 Å². The van der Waals surface area contributed by atoms with Crippen LogP contribution >= 0.6 is 0 Å². The molecule has 2 aromatic carbocycles. The van der Waals surface area contributed by atoms with E-state index >= 15 is 0 Å². The highest BCUT2D eigenvalue weighted by atomic mass is 32.2. The van der Waals surface area contributed by atoms with Crippen molar-refractivity contribution in [1.29, 1.82) is 0 Å². The summed E-state index contributed by atoms with van der Waals surface area (Å²) in [6, 6.07) is 12.2. The lowest BCUT2D eigenvalue weighted by atomic mass is 10.1. The standard InChI is InChI=1S/C23H28N2O5S/c1-17-6-5-7-21(18(17)2)24-22(26)16-30-23(27)13-10-19-8-11-20(12-9-19)31(28,29)25-14-3-4-15-25/h5-9,11-12H,3-4,10,13-16H2,1-2H3,(H,24,26). The topological polar surface area (TPSA) is 92.8 Å². The Balaban J connectivity index is 1.45. The van der Waals surface area contributed by atoms with E-state index in [1.807, 2.05) is 26.0 Å². The first-order valence-corrected chi connectivity index (χ1v) is 11.8. The lowest BCUT2D eigenvalue weighted by Crippen LogP contribution is -2.27. The van der Waals surface area contributed by atoms with Crippen LogP contribution in [-0.2, 0) is 30.8 Å².